The zero-order valence-corrected chi connectivity index (χ0v) is 15.2. The maximum atomic E-state index is 13.2. The second-order valence-electron chi connectivity index (χ2n) is 7.55. The van der Waals surface area contributed by atoms with Crippen LogP contribution in [-0.2, 0) is 16.1 Å². The van der Waals surface area contributed by atoms with E-state index in [-0.39, 0.29) is 12.0 Å². The molecule has 26 heavy (non-hydrogen) atoms. The second kappa shape index (κ2) is 8.05. The van der Waals surface area contributed by atoms with E-state index in [2.05, 4.69) is 29.2 Å². The van der Waals surface area contributed by atoms with Crippen LogP contribution in [0.25, 0.3) is 0 Å². The van der Waals surface area contributed by atoms with E-state index >= 15 is 0 Å². The van der Waals surface area contributed by atoms with Gasteiger partial charge in [0, 0.05) is 13.1 Å². The van der Waals surface area contributed by atoms with Gasteiger partial charge in [-0.1, -0.05) is 60.7 Å². The molecule has 1 aliphatic heterocycles. The Morgan fingerprint density at radius 2 is 1.54 bits per heavy atom. The SMILES string of the molecule is O=C(C(c1ccccc1)C1CC1)N1CCC(OCc2ccccc2)CC1. The van der Waals surface area contributed by atoms with Crippen molar-refractivity contribution in [2.45, 2.75) is 44.3 Å². The van der Waals surface area contributed by atoms with Crippen molar-refractivity contribution in [3.8, 4) is 0 Å². The predicted molar refractivity (Wildman–Crippen MR) is 103 cm³/mol. The fraction of sp³-hybridized carbons (Fsp3) is 0.435. The number of benzene rings is 2. The molecule has 2 aliphatic rings. The van der Waals surface area contributed by atoms with E-state index in [4.69, 9.17) is 4.74 Å². The van der Waals surface area contributed by atoms with Gasteiger partial charge in [-0.15, -0.1) is 0 Å². The molecule has 136 valence electrons. The summed E-state index contributed by atoms with van der Waals surface area (Å²) in [6.45, 7) is 2.29. The topological polar surface area (TPSA) is 29.5 Å². The normalized spacial score (nSPS) is 19.3. The largest absolute Gasteiger partial charge is 0.373 e. The fourth-order valence-electron chi connectivity index (χ4n) is 3.93. The first-order valence-corrected chi connectivity index (χ1v) is 9.80. The molecule has 1 atom stereocenters. The Morgan fingerprint density at radius 1 is 0.923 bits per heavy atom. The van der Waals surface area contributed by atoms with Crippen molar-refractivity contribution in [1.29, 1.82) is 0 Å². The summed E-state index contributed by atoms with van der Waals surface area (Å²) in [5.41, 5.74) is 2.39. The standard InChI is InChI=1S/C23H27NO2/c25-23(22(20-11-12-20)19-9-5-2-6-10-19)24-15-13-21(14-16-24)26-17-18-7-3-1-4-8-18/h1-10,20-22H,11-17H2. The van der Waals surface area contributed by atoms with Crippen LogP contribution in [0.15, 0.2) is 60.7 Å². The number of carbonyl (C=O) groups excluding carboxylic acids is 1. The Balaban J connectivity index is 1.31. The number of carbonyl (C=O) groups is 1. The minimum absolute atomic E-state index is 0.0537. The Bertz CT molecular complexity index is 704. The number of ether oxygens (including phenoxy) is 1. The van der Waals surface area contributed by atoms with Crippen LogP contribution in [0.3, 0.4) is 0 Å². The number of hydrogen-bond donors (Lipinski definition) is 0. The molecule has 3 nitrogen and oxygen atoms in total. The third-order valence-corrected chi connectivity index (χ3v) is 5.60. The van der Waals surface area contributed by atoms with Gasteiger partial charge in [0.05, 0.1) is 18.6 Å². The fourth-order valence-corrected chi connectivity index (χ4v) is 3.93. The highest BCUT2D eigenvalue weighted by molar-refractivity contribution is 5.84. The third-order valence-electron chi connectivity index (χ3n) is 5.60. The lowest BCUT2D eigenvalue weighted by Crippen LogP contribution is -2.43. The van der Waals surface area contributed by atoms with Gasteiger partial charge < -0.3 is 9.64 Å². The molecule has 1 amide bonds. The van der Waals surface area contributed by atoms with Gasteiger partial charge in [0.15, 0.2) is 0 Å². The smallest absolute Gasteiger partial charge is 0.230 e. The first-order valence-electron chi connectivity index (χ1n) is 9.80. The summed E-state index contributed by atoms with van der Waals surface area (Å²) < 4.78 is 6.06. The van der Waals surface area contributed by atoms with Gasteiger partial charge in [0.1, 0.15) is 0 Å². The molecule has 1 unspecified atom stereocenters. The minimum atomic E-state index is 0.0537. The minimum Gasteiger partial charge on any atom is -0.373 e. The highest BCUT2D eigenvalue weighted by atomic mass is 16.5. The molecule has 0 radical (unpaired) electrons. The van der Waals surface area contributed by atoms with Crippen molar-refractivity contribution in [2.24, 2.45) is 5.92 Å². The summed E-state index contributed by atoms with van der Waals surface area (Å²) in [5, 5.41) is 0. The lowest BCUT2D eigenvalue weighted by atomic mass is 9.92. The van der Waals surface area contributed by atoms with Gasteiger partial charge in [-0.25, -0.2) is 0 Å². The molecule has 2 aromatic carbocycles. The lowest BCUT2D eigenvalue weighted by Gasteiger charge is -2.34. The van der Waals surface area contributed by atoms with Crippen LogP contribution >= 0.6 is 0 Å². The number of likely N-dealkylation sites (tertiary alicyclic amines) is 1. The molecule has 1 aliphatic carbocycles. The Labute approximate surface area is 156 Å². The molecule has 2 fully saturated rings. The molecule has 3 heteroatoms. The van der Waals surface area contributed by atoms with Gasteiger partial charge in [0.2, 0.25) is 5.91 Å². The van der Waals surface area contributed by atoms with Crippen LogP contribution in [0, 0.1) is 5.92 Å². The summed E-state index contributed by atoms with van der Waals surface area (Å²) in [4.78, 5) is 15.2. The predicted octanol–water partition coefficient (Wildman–Crippen LogP) is 4.39. The van der Waals surface area contributed by atoms with E-state index in [1.165, 1.54) is 24.0 Å². The molecule has 0 N–H and O–H groups in total. The Morgan fingerprint density at radius 3 is 2.15 bits per heavy atom. The van der Waals surface area contributed by atoms with E-state index in [1.54, 1.807) is 0 Å². The summed E-state index contributed by atoms with van der Waals surface area (Å²) in [5.74, 6) is 0.912. The van der Waals surface area contributed by atoms with E-state index in [9.17, 15) is 4.79 Å². The van der Waals surface area contributed by atoms with Crippen LogP contribution < -0.4 is 0 Å². The number of hydrogen-bond acceptors (Lipinski definition) is 2. The molecule has 0 bridgehead atoms. The summed E-state index contributed by atoms with van der Waals surface area (Å²) >= 11 is 0. The van der Waals surface area contributed by atoms with Crippen molar-refractivity contribution < 1.29 is 9.53 Å². The maximum Gasteiger partial charge on any atom is 0.230 e. The Kier molecular flexibility index (Phi) is 5.35. The number of amides is 1. The van der Waals surface area contributed by atoms with E-state index in [0.29, 0.717) is 18.4 Å². The van der Waals surface area contributed by atoms with Crippen molar-refractivity contribution in [1.82, 2.24) is 4.90 Å². The van der Waals surface area contributed by atoms with E-state index in [1.807, 2.05) is 36.4 Å². The molecular weight excluding hydrogens is 322 g/mol. The van der Waals surface area contributed by atoms with Gasteiger partial charge in [0.25, 0.3) is 0 Å². The number of nitrogens with zero attached hydrogens (tertiary/aromatic N) is 1. The number of piperidine rings is 1. The van der Waals surface area contributed by atoms with Crippen LogP contribution in [0.2, 0.25) is 0 Å². The molecule has 1 heterocycles. The highest BCUT2D eigenvalue weighted by Gasteiger charge is 2.39. The van der Waals surface area contributed by atoms with Gasteiger partial charge in [-0.05, 0) is 42.7 Å². The third kappa shape index (κ3) is 4.16. The zero-order valence-electron chi connectivity index (χ0n) is 15.2. The number of rotatable bonds is 6. The van der Waals surface area contributed by atoms with Gasteiger partial charge in [-0.3, -0.25) is 4.79 Å². The van der Waals surface area contributed by atoms with Crippen LogP contribution in [0.4, 0.5) is 0 Å². The van der Waals surface area contributed by atoms with Crippen LogP contribution in [0.5, 0.6) is 0 Å². The molecule has 0 aromatic heterocycles. The first-order chi connectivity index (χ1) is 12.8. The van der Waals surface area contributed by atoms with Gasteiger partial charge >= 0.3 is 0 Å². The van der Waals surface area contributed by atoms with E-state index in [0.717, 1.165) is 25.9 Å². The molecule has 4 rings (SSSR count). The molecule has 2 aromatic rings. The molecular formula is C23H27NO2. The summed E-state index contributed by atoms with van der Waals surface area (Å²) in [7, 11) is 0. The lowest BCUT2D eigenvalue weighted by molar-refractivity contribution is -0.136. The summed E-state index contributed by atoms with van der Waals surface area (Å²) in [6.07, 6.45) is 4.50. The van der Waals surface area contributed by atoms with Gasteiger partial charge in [-0.2, -0.15) is 0 Å². The van der Waals surface area contributed by atoms with Crippen molar-refractivity contribution in [3.05, 3.63) is 71.8 Å². The highest BCUT2D eigenvalue weighted by Crippen LogP contribution is 2.43. The van der Waals surface area contributed by atoms with Crippen LogP contribution in [0.1, 0.15) is 42.7 Å². The summed E-state index contributed by atoms with van der Waals surface area (Å²) in [6, 6.07) is 20.6. The Hall–Kier alpha value is -2.13. The second-order valence-corrected chi connectivity index (χ2v) is 7.55. The quantitative estimate of drug-likeness (QED) is 0.774. The van der Waals surface area contributed by atoms with Crippen molar-refractivity contribution in [2.75, 3.05) is 13.1 Å². The average Bonchev–Trinajstić information content (AvgIpc) is 3.53. The zero-order chi connectivity index (χ0) is 17.8. The van der Waals surface area contributed by atoms with Crippen molar-refractivity contribution in [3.63, 3.8) is 0 Å². The van der Waals surface area contributed by atoms with E-state index < -0.39 is 0 Å². The van der Waals surface area contributed by atoms with Crippen molar-refractivity contribution >= 4 is 5.91 Å². The molecule has 1 saturated carbocycles. The first kappa shape index (κ1) is 17.3. The average molecular weight is 349 g/mol. The molecule has 0 spiro atoms. The maximum absolute atomic E-state index is 13.2. The monoisotopic (exact) mass is 349 g/mol. The van der Waals surface area contributed by atoms with Crippen LogP contribution in [-0.4, -0.2) is 30.0 Å². The molecule has 1 saturated heterocycles.